The predicted molar refractivity (Wildman–Crippen MR) is 101 cm³/mol. The Balaban J connectivity index is 1.60. The smallest absolute Gasteiger partial charge is 0.251 e. The van der Waals surface area contributed by atoms with E-state index in [1.807, 2.05) is 6.07 Å². The first-order valence-corrected chi connectivity index (χ1v) is 9.85. The normalized spacial score (nSPS) is 22.7. The van der Waals surface area contributed by atoms with Crippen molar-refractivity contribution >= 4 is 5.91 Å². The number of amides is 1. The molecule has 0 bridgehead atoms. The van der Waals surface area contributed by atoms with Crippen LogP contribution in [0.2, 0.25) is 0 Å². The highest BCUT2D eigenvalue weighted by molar-refractivity contribution is 5.81. The molecule has 138 valence electrons. The van der Waals surface area contributed by atoms with Crippen LogP contribution in [0.1, 0.15) is 37.7 Å². The molecule has 2 fully saturated rings. The zero-order valence-corrected chi connectivity index (χ0v) is 15.5. The highest BCUT2D eigenvalue weighted by atomic mass is 16.5. The Labute approximate surface area is 152 Å². The molecule has 2 heterocycles. The van der Waals surface area contributed by atoms with Gasteiger partial charge in [0.05, 0.1) is 0 Å². The van der Waals surface area contributed by atoms with E-state index in [4.69, 9.17) is 4.74 Å². The zero-order valence-electron chi connectivity index (χ0n) is 15.5. The van der Waals surface area contributed by atoms with Gasteiger partial charge in [-0.1, -0.05) is 30.3 Å². The standard InChI is InChI=1S/C21H32N2O2/c1-22-13-10-19(11-14-22)17-23(15-12-18-7-3-2-4-8-18)21(24)20-9-5-6-16-25-20/h2-4,7-8,19-20H,5-6,9-17H2,1H3/t20-/m1/s1. The summed E-state index contributed by atoms with van der Waals surface area (Å²) in [4.78, 5) is 17.5. The summed E-state index contributed by atoms with van der Waals surface area (Å²) in [7, 11) is 2.18. The lowest BCUT2D eigenvalue weighted by Gasteiger charge is -2.35. The SMILES string of the molecule is CN1CCC(CN(CCc2ccccc2)C(=O)[C@H]2CCCCO2)CC1. The van der Waals surface area contributed by atoms with E-state index < -0.39 is 0 Å². The highest BCUT2D eigenvalue weighted by Gasteiger charge is 2.29. The van der Waals surface area contributed by atoms with Gasteiger partial charge in [-0.05, 0) is 70.1 Å². The first-order valence-electron chi connectivity index (χ1n) is 9.85. The van der Waals surface area contributed by atoms with E-state index in [9.17, 15) is 4.79 Å². The summed E-state index contributed by atoms with van der Waals surface area (Å²) in [6, 6.07) is 10.5. The number of rotatable bonds is 6. The van der Waals surface area contributed by atoms with Gasteiger partial charge in [0, 0.05) is 19.7 Å². The second-order valence-electron chi connectivity index (χ2n) is 7.62. The summed E-state index contributed by atoms with van der Waals surface area (Å²) in [5.41, 5.74) is 1.30. The molecule has 0 aliphatic carbocycles. The van der Waals surface area contributed by atoms with Gasteiger partial charge in [-0.2, -0.15) is 0 Å². The Hall–Kier alpha value is -1.39. The second kappa shape index (κ2) is 9.35. The Morgan fingerprint density at radius 2 is 1.92 bits per heavy atom. The van der Waals surface area contributed by atoms with E-state index in [-0.39, 0.29) is 12.0 Å². The van der Waals surface area contributed by atoms with Crippen molar-refractivity contribution in [1.29, 1.82) is 0 Å². The van der Waals surface area contributed by atoms with Crippen LogP contribution >= 0.6 is 0 Å². The highest BCUT2D eigenvalue weighted by Crippen LogP contribution is 2.21. The summed E-state index contributed by atoms with van der Waals surface area (Å²) in [6.07, 6.45) is 6.17. The fraction of sp³-hybridized carbons (Fsp3) is 0.667. The number of nitrogens with zero attached hydrogens (tertiary/aromatic N) is 2. The number of carbonyl (C=O) groups excluding carboxylic acids is 1. The topological polar surface area (TPSA) is 32.8 Å². The van der Waals surface area contributed by atoms with E-state index in [0.717, 1.165) is 58.5 Å². The number of likely N-dealkylation sites (tertiary alicyclic amines) is 1. The molecule has 1 amide bonds. The summed E-state index contributed by atoms with van der Waals surface area (Å²) >= 11 is 0. The van der Waals surface area contributed by atoms with Crippen LogP contribution in [0.4, 0.5) is 0 Å². The summed E-state index contributed by atoms with van der Waals surface area (Å²) in [5, 5.41) is 0. The van der Waals surface area contributed by atoms with E-state index in [0.29, 0.717) is 5.92 Å². The van der Waals surface area contributed by atoms with Gasteiger partial charge in [-0.3, -0.25) is 4.79 Å². The van der Waals surface area contributed by atoms with Gasteiger partial charge in [-0.15, -0.1) is 0 Å². The first kappa shape index (κ1) is 18.4. The molecule has 4 heteroatoms. The predicted octanol–water partition coefficient (Wildman–Crippen LogP) is 2.97. The maximum absolute atomic E-state index is 13.0. The number of ether oxygens (including phenoxy) is 1. The zero-order chi connectivity index (χ0) is 17.5. The molecular weight excluding hydrogens is 312 g/mol. The average Bonchev–Trinajstić information content (AvgIpc) is 2.67. The maximum Gasteiger partial charge on any atom is 0.251 e. The van der Waals surface area contributed by atoms with Crippen molar-refractivity contribution in [3.05, 3.63) is 35.9 Å². The van der Waals surface area contributed by atoms with Crippen LogP contribution in [0.5, 0.6) is 0 Å². The quantitative estimate of drug-likeness (QED) is 0.795. The van der Waals surface area contributed by atoms with Crippen LogP contribution in [0.25, 0.3) is 0 Å². The van der Waals surface area contributed by atoms with Crippen LogP contribution < -0.4 is 0 Å². The van der Waals surface area contributed by atoms with Gasteiger partial charge in [0.25, 0.3) is 5.91 Å². The van der Waals surface area contributed by atoms with Gasteiger partial charge in [0.2, 0.25) is 0 Å². The molecule has 0 saturated carbocycles. The molecule has 2 aliphatic rings. The van der Waals surface area contributed by atoms with Gasteiger partial charge in [0.15, 0.2) is 0 Å². The number of piperidine rings is 1. The molecule has 2 saturated heterocycles. The minimum Gasteiger partial charge on any atom is -0.368 e. The van der Waals surface area contributed by atoms with E-state index in [1.54, 1.807) is 0 Å². The van der Waals surface area contributed by atoms with E-state index in [2.05, 4.69) is 41.1 Å². The maximum atomic E-state index is 13.0. The molecule has 0 unspecified atom stereocenters. The van der Waals surface area contributed by atoms with Crippen molar-refractivity contribution in [2.24, 2.45) is 5.92 Å². The fourth-order valence-corrected chi connectivity index (χ4v) is 3.90. The molecular formula is C21H32N2O2. The Morgan fingerprint density at radius 3 is 2.60 bits per heavy atom. The Morgan fingerprint density at radius 1 is 1.16 bits per heavy atom. The number of benzene rings is 1. The lowest BCUT2D eigenvalue weighted by atomic mass is 9.95. The molecule has 0 radical (unpaired) electrons. The van der Waals surface area contributed by atoms with Crippen molar-refractivity contribution in [3.63, 3.8) is 0 Å². The largest absolute Gasteiger partial charge is 0.368 e. The second-order valence-corrected chi connectivity index (χ2v) is 7.62. The third-order valence-electron chi connectivity index (χ3n) is 5.60. The molecule has 4 nitrogen and oxygen atoms in total. The molecule has 1 atom stereocenters. The Bertz CT molecular complexity index is 520. The molecule has 3 rings (SSSR count). The van der Waals surface area contributed by atoms with Crippen molar-refractivity contribution in [2.75, 3.05) is 39.8 Å². The molecule has 1 aromatic carbocycles. The third-order valence-corrected chi connectivity index (χ3v) is 5.60. The third kappa shape index (κ3) is 5.55. The minimum absolute atomic E-state index is 0.212. The summed E-state index contributed by atoms with van der Waals surface area (Å²) < 4.78 is 5.78. The van der Waals surface area contributed by atoms with Crippen LogP contribution in [0, 0.1) is 5.92 Å². The lowest BCUT2D eigenvalue weighted by Crippen LogP contribution is -2.46. The van der Waals surface area contributed by atoms with Crippen molar-refractivity contribution < 1.29 is 9.53 Å². The van der Waals surface area contributed by atoms with E-state index in [1.165, 1.54) is 18.4 Å². The molecule has 0 spiro atoms. The Kier molecular flexibility index (Phi) is 6.88. The molecule has 0 N–H and O–H groups in total. The van der Waals surface area contributed by atoms with Gasteiger partial charge in [0.1, 0.15) is 6.10 Å². The minimum atomic E-state index is -0.212. The van der Waals surface area contributed by atoms with Crippen LogP contribution in [-0.2, 0) is 16.0 Å². The van der Waals surface area contributed by atoms with E-state index >= 15 is 0 Å². The van der Waals surface area contributed by atoms with Crippen molar-refractivity contribution in [3.8, 4) is 0 Å². The van der Waals surface area contributed by atoms with Crippen LogP contribution in [-0.4, -0.2) is 61.6 Å². The van der Waals surface area contributed by atoms with Crippen LogP contribution in [0.15, 0.2) is 30.3 Å². The number of hydrogen-bond donors (Lipinski definition) is 0. The molecule has 25 heavy (non-hydrogen) atoms. The summed E-state index contributed by atoms with van der Waals surface area (Å²) in [5.74, 6) is 0.842. The van der Waals surface area contributed by atoms with Crippen molar-refractivity contribution in [1.82, 2.24) is 9.80 Å². The fourth-order valence-electron chi connectivity index (χ4n) is 3.90. The first-order chi connectivity index (χ1) is 12.2. The van der Waals surface area contributed by atoms with Crippen LogP contribution in [0.3, 0.4) is 0 Å². The monoisotopic (exact) mass is 344 g/mol. The van der Waals surface area contributed by atoms with Gasteiger partial charge in [-0.25, -0.2) is 0 Å². The van der Waals surface area contributed by atoms with Gasteiger partial charge < -0.3 is 14.5 Å². The number of hydrogen-bond acceptors (Lipinski definition) is 3. The molecule has 0 aromatic heterocycles. The molecule has 1 aromatic rings. The number of carbonyl (C=O) groups is 1. The van der Waals surface area contributed by atoms with Gasteiger partial charge >= 0.3 is 0 Å². The van der Waals surface area contributed by atoms with Crippen molar-refractivity contribution in [2.45, 2.75) is 44.6 Å². The molecule has 2 aliphatic heterocycles. The lowest BCUT2D eigenvalue weighted by molar-refractivity contribution is -0.147. The summed E-state index contributed by atoms with van der Waals surface area (Å²) in [6.45, 7) is 4.71. The average molecular weight is 344 g/mol.